The van der Waals surface area contributed by atoms with Crippen LogP contribution in [0.15, 0.2) is 35.5 Å². The van der Waals surface area contributed by atoms with E-state index in [9.17, 15) is 22.0 Å². The second kappa shape index (κ2) is 6.93. The standard InChI is InChI=1S/C13H11BF2N2O5S/c1-23-13(19)8-4-10(16)11(5-9(8)15)18-24(21,22)12-3-2-7(14-20)6-17-12/h2-6,14,18,20H,1H3. The van der Waals surface area contributed by atoms with Crippen molar-refractivity contribution in [2.75, 3.05) is 11.8 Å². The van der Waals surface area contributed by atoms with Gasteiger partial charge in [-0.25, -0.2) is 18.6 Å². The average Bonchev–Trinajstić information content (AvgIpc) is 2.57. The Bertz CT molecular complexity index is 875. The zero-order valence-corrected chi connectivity index (χ0v) is 13.1. The summed E-state index contributed by atoms with van der Waals surface area (Å²) in [4.78, 5) is 14.9. The van der Waals surface area contributed by atoms with Gasteiger partial charge in [-0.2, -0.15) is 8.42 Å². The van der Waals surface area contributed by atoms with E-state index in [-0.39, 0.29) is 7.48 Å². The maximum Gasteiger partial charge on any atom is 0.340 e. The smallest absolute Gasteiger partial charge is 0.340 e. The number of esters is 1. The van der Waals surface area contributed by atoms with Gasteiger partial charge in [0, 0.05) is 12.3 Å². The van der Waals surface area contributed by atoms with Crippen molar-refractivity contribution in [1.82, 2.24) is 4.98 Å². The van der Waals surface area contributed by atoms with Gasteiger partial charge < -0.3 is 9.76 Å². The summed E-state index contributed by atoms with van der Waals surface area (Å²) in [7, 11) is -3.61. The summed E-state index contributed by atoms with van der Waals surface area (Å²) in [5.74, 6) is -3.40. The summed E-state index contributed by atoms with van der Waals surface area (Å²) in [6.45, 7) is 0. The first kappa shape index (κ1) is 17.8. The highest BCUT2D eigenvalue weighted by molar-refractivity contribution is 7.92. The van der Waals surface area contributed by atoms with E-state index in [0.717, 1.165) is 19.4 Å². The number of hydrogen-bond acceptors (Lipinski definition) is 6. The molecule has 1 aromatic heterocycles. The van der Waals surface area contributed by atoms with Gasteiger partial charge in [-0.05, 0) is 17.6 Å². The van der Waals surface area contributed by atoms with E-state index in [4.69, 9.17) is 5.02 Å². The van der Waals surface area contributed by atoms with Crippen molar-refractivity contribution in [2.24, 2.45) is 0 Å². The Morgan fingerprint density at radius 1 is 1.29 bits per heavy atom. The Labute approximate surface area is 136 Å². The molecule has 0 unspecified atom stereocenters. The minimum Gasteiger partial charge on any atom is -0.465 e. The highest BCUT2D eigenvalue weighted by atomic mass is 32.2. The van der Waals surface area contributed by atoms with Gasteiger partial charge in [-0.3, -0.25) is 4.72 Å². The van der Waals surface area contributed by atoms with Crippen molar-refractivity contribution in [3.8, 4) is 0 Å². The molecule has 0 saturated heterocycles. The summed E-state index contributed by atoms with van der Waals surface area (Å²) < 4.78 is 58.1. The summed E-state index contributed by atoms with van der Waals surface area (Å²) >= 11 is 0. The van der Waals surface area contributed by atoms with Crippen LogP contribution in [-0.2, 0) is 14.8 Å². The van der Waals surface area contributed by atoms with Crippen molar-refractivity contribution in [3.63, 3.8) is 0 Å². The Balaban J connectivity index is 2.35. The number of ether oxygens (including phenoxy) is 1. The zero-order valence-electron chi connectivity index (χ0n) is 12.3. The predicted octanol–water partition coefficient (Wildman–Crippen LogP) is -0.0837. The largest absolute Gasteiger partial charge is 0.465 e. The van der Waals surface area contributed by atoms with Crippen molar-refractivity contribution < 1.29 is 31.8 Å². The number of carbonyl (C=O) groups excluding carboxylic acids is 1. The Hall–Kier alpha value is -2.53. The van der Waals surface area contributed by atoms with Gasteiger partial charge in [-0.15, -0.1) is 0 Å². The third-order valence-corrected chi connectivity index (χ3v) is 4.24. The molecule has 0 bridgehead atoms. The lowest BCUT2D eigenvalue weighted by atomic mass is 9.91. The molecular weight excluding hydrogens is 345 g/mol. The Morgan fingerprint density at radius 2 is 2.00 bits per heavy atom. The predicted molar refractivity (Wildman–Crippen MR) is 81.7 cm³/mol. The van der Waals surface area contributed by atoms with Crippen LogP contribution in [0.5, 0.6) is 0 Å². The molecule has 24 heavy (non-hydrogen) atoms. The lowest BCUT2D eigenvalue weighted by Crippen LogP contribution is -2.19. The van der Waals surface area contributed by atoms with Crippen molar-refractivity contribution in [3.05, 3.63) is 47.7 Å². The molecule has 0 aliphatic rings. The minimum atomic E-state index is -4.28. The number of nitrogens with one attached hydrogen (secondary N) is 1. The lowest BCUT2D eigenvalue weighted by Gasteiger charge is -2.10. The summed E-state index contributed by atoms with van der Waals surface area (Å²) in [6, 6.07) is 3.48. The molecule has 2 rings (SSSR count). The van der Waals surface area contributed by atoms with Crippen molar-refractivity contribution >= 4 is 34.6 Å². The zero-order chi connectivity index (χ0) is 17.9. The number of sulfonamides is 1. The molecule has 0 saturated carbocycles. The first-order valence-electron chi connectivity index (χ1n) is 6.44. The van der Waals surface area contributed by atoms with Crippen LogP contribution in [0, 0.1) is 11.6 Å². The quantitative estimate of drug-likeness (QED) is 0.573. The number of anilines is 1. The van der Waals surface area contributed by atoms with E-state index in [1.807, 2.05) is 4.72 Å². The highest BCUT2D eigenvalue weighted by Crippen LogP contribution is 2.22. The summed E-state index contributed by atoms with van der Waals surface area (Å²) in [5.41, 5.74) is -0.967. The monoisotopic (exact) mass is 356 g/mol. The number of rotatable bonds is 5. The van der Waals surface area contributed by atoms with Gasteiger partial charge in [0.25, 0.3) is 10.0 Å². The Morgan fingerprint density at radius 3 is 2.54 bits per heavy atom. The van der Waals surface area contributed by atoms with E-state index < -0.39 is 43.9 Å². The van der Waals surface area contributed by atoms with E-state index >= 15 is 0 Å². The van der Waals surface area contributed by atoms with Gasteiger partial charge in [0.05, 0.1) is 18.4 Å². The van der Waals surface area contributed by atoms with Gasteiger partial charge in [-0.1, -0.05) is 6.07 Å². The number of pyridine rings is 1. The van der Waals surface area contributed by atoms with Gasteiger partial charge in [0.2, 0.25) is 0 Å². The molecule has 0 fully saturated rings. The van der Waals surface area contributed by atoms with Gasteiger partial charge in [0.15, 0.2) is 5.03 Å². The maximum absolute atomic E-state index is 13.9. The summed E-state index contributed by atoms with van der Waals surface area (Å²) in [6.07, 6.45) is 1.13. The second-order valence-electron chi connectivity index (χ2n) is 4.57. The number of carbonyl (C=O) groups is 1. The minimum absolute atomic E-state index is 0.324. The average molecular weight is 356 g/mol. The number of hydrogen-bond donors (Lipinski definition) is 2. The van der Waals surface area contributed by atoms with Crippen LogP contribution in [-0.4, -0.2) is 39.0 Å². The third-order valence-electron chi connectivity index (χ3n) is 2.96. The maximum atomic E-state index is 13.9. The molecule has 1 aromatic carbocycles. The van der Waals surface area contributed by atoms with E-state index in [1.54, 1.807) is 0 Å². The molecule has 0 amide bonds. The molecule has 1 heterocycles. The number of nitrogens with zero attached hydrogens (tertiary/aromatic N) is 1. The normalized spacial score (nSPS) is 11.0. The fourth-order valence-electron chi connectivity index (χ4n) is 1.75. The molecule has 11 heteroatoms. The number of halogens is 2. The van der Waals surface area contributed by atoms with Crippen LogP contribution >= 0.6 is 0 Å². The highest BCUT2D eigenvalue weighted by Gasteiger charge is 2.21. The van der Waals surface area contributed by atoms with Crippen LogP contribution in [0.3, 0.4) is 0 Å². The molecule has 126 valence electrons. The van der Waals surface area contributed by atoms with Crippen LogP contribution in [0.4, 0.5) is 14.5 Å². The topological polar surface area (TPSA) is 106 Å². The lowest BCUT2D eigenvalue weighted by molar-refractivity contribution is 0.0595. The molecule has 2 aromatic rings. The van der Waals surface area contributed by atoms with Gasteiger partial charge in [0.1, 0.15) is 11.6 Å². The molecule has 0 aliphatic carbocycles. The molecule has 0 spiro atoms. The van der Waals surface area contributed by atoms with Crippen LogP contribution in [0.1, 0.15) is 10.4 Å². The molecular formula is C13H11BF2N2O5S. The Kier molecular flexibility index (Phi) is 5.15. The molecule has 7 nitrogen and oxygen atoms in total. The van der Waals surface area contributed by atoms with Crippen molar-refractivity contribution in [1.29, 1.82) is 0 Å². The van der Waals surface area contributed by atoms with Crippen LogP contribution in [0.25, 0.3) is 0 Å². The second-order valence-corrected chi connectivity index (χ2v) is 6.20. The molecule has 0 atom stereocenters. The van der Waals surface area contributed by atoms with E-state index in [0.29, 0.717) is 17.6 Å². The van der Waals surface area contributed by atoms with Crippen LogP contribution < -0.4 is 10.2 Å². The molecule has 0 radical (unpaired) electrons. The molecule has 2 N–H and O–H groups in total. The third kappa shape index (κ3) is 3.68. The fraction of sp³-hybridized carbons (Fsp3) is 0.0769. The first-order valence-corrected chi connectivity index (χ1v) is 7.92. The van der Waals surface area contributed by atoms with E-state index in [2.05, 4.69) is 9.72 Å². The van der Waals surface area contributed by atoms with Crippen LogP contribution in [0.2, 0.25) is 0 Å². The molecule has 0 aliphatic heterocycles. The van der Waals surface area contributed by atoms with E-state index in [1.165, 1.54) is 6.07 Å². The fourth-order valence-corrected chi connectivity index (χ4v) is 2.74. The number of methoxy groups -OCH3 is 1. The first-order chi connectivity index (χ1) is 11.3. The summed E-state index contributed by atoms with van der Waals surface area (Å²) in [5, 5.41) is 8.44. The van der Waals surface area contributed by atoms with Crippen molar-refractivity contribution in [2.45, 2.75) is 5.03 Å². The van der Waals surface area contributed by atoms with Gasteiger partial charge >= 0.3 is 13.5 Å². The SMILES string of the molecule is COC(=O)c1cc(F)c(NS(=O)(=O)c2ccc(BO)cn2)cc1F. The number of aromatic nitrogens is 1. The number of benzene rings is 1.